The minimum Gasteiger partial charge on any atom is -0.486 e. The monoisotopic (exact) mass is 290 g/mol. The molecule has 1 saturated carbocycles. The van der Waals surface area contributed by atoms with Crippen LogP contribution in [0.3, 0.4) is 0 Å². The lowest BCUT2D eigenvalue weighted by atomic mass is 9.84. The molecule has 6 heteroatoms. The van der Waals surface area contributed by atoms with Crippen molar-refractivity contribution in [3.63, 3.8) is 0 Å². The summed E-state index contributed by atoms with van der Waals surface area (Å²) in [4.78, 5) is 24.9. The van der Waals surface area contributed by atoms with Crippen LogP contribution in [-0.4, -0.2) is 48.2 Å². The van der Waals surface area contributed by atoms with Crippen LogP contribution in [0, 0.1) is 0 Å². The van der Waals surface area contributed by atoms with Gasteiger partial charge in [-0.1, -0.05) is 18.2 Å². The van der Waals surface area contributed by atoms with E-state index in [-0.39, 0.29) is 36.7 Å². The SMILES string of the molecule is CCOC1CC(N2C(=O)CNC2=O)C1Oc1ccccc1. The minimum absolute atomic E-state index is 0.0622. The van der Waals surface area contributed by atoms with Crippen LogP contribution in [0.5, 0.6) is 5.75 Å². The van der Waals surface area contributed by atoms with Gasteiger partial charge in [-0.25, -0.2) is 4.79 Å². The third-order valence-corrected chi connectivity index (χ3v) is 3.83. The highest BCUT2D eigenvalue weighted by Crippen LogP contribution is 2.33. The van der Waals surface area contributed by atoms with Gasteiger partial charge in [0.15, 0.2) is 0 Å². The van der Waals surface area contributed by atoms with Crippen molar-refractivity contribution in [2.45, 2.75) is 31.6 Å². The molecule has 0 radical (unpaired) electrons. The van der Waals surface area contributed by atoms with Gasteiger partial charge in [0.2, 0.25) is 5.91 Å². The van der Waals surface area contributed by atoms with E-state index in [1.807, 2.05) is 37.3 Å². The van der Waals surface area contributed by atoms with Gasteiger partial charge in [-0.3, -0.25) is 9.69 Å². The summed E-state index contributed by atoms with van der Waals surface area (Å²) in [6, 6.07) is 8.76. The van der Waals surface area contributed by atoms with Crippen molar-refractivity contribution >= 4 is 11.9 Å². The molecular weight excluding hydrogens is 272 g/mol. The van der Waals surface area contributed by atoms with Crippen molar-refractivity contribution < 1.29 is 19.1 Å². The number of para-hydroxylation sites is 1. The fourth-order valence-corrected chi connectivity index (χ4v) is 2.77. The second-order valence-corrected chi connectivity index (χ2v) is 5.11. The average Bonchev–Trinajstić information content (AvgIpc) is 2.81. The third kappa shape index (κ3) is 2.58. The molecule has 1 heterocycles. The van der Waals surface area contributed by atoms with E-state index in [2.05, 4.69) is 5.32 Å². The van der Waals surface area contributed by atoms with Crippen molar-refractivity contribution in [1.82, 2.24) is 10.2 Å². The minimum atomic E-state index is -0.346. The summed E-state index contributed by atoms with van der Waals surface area (Å²) >= 11 is 0. The molecule has 0 spiro atoms. The van der Waals surface area contributed by atoms with Crippen molar-refractivity contribution in [3.8, 4) is 5.75 Å². The van der Waals surface area contributed by atoms with E-state index in [1.54, 1.807) is 0 Å². The number of nitrogens with one attached hydrogen (secondary N) is 1. The number of carbonyl (C=O) groups is 2. The third-order valence-electron chi connectivity index (χ3n) is 3.83. The number of hydrogen-bond donors (Lipinski definition) is 1. The summed E-state index contributed by atoms with van der Waals surface area (Å²) in [5, 5.41) is 2.54. The van der Waals surface area contributed by atoms with Crippen LogP contribution in [0.1, 0.15) is 13.3 Å². The van der Waals surface area contributed by atoms with E-state index in [0.717, 1.165) is 0 Å². The Hall–Kier alpha value is -2.08. The summed E-state index contributed by atoms with van der Waals surface area (Å²) in [7, 11) is 0. The summed E-state index contributed by atoms with van der Waals surface area (Å²) in [6.45, 7) is 2.56. The maximum Gasteiger partial charge on any atom is 0.324 e. The smallest absolute Gasteiger partial charge is 0.324 e. The summed E-state index contributed by atoms with van der Waals surface area (Å²) in [6.07, 6.45) is 0.200. The first-order valence-electron chi connectivity index (χ1n) is 7.14. The predicted octanol–water partition coefficient (Wildman–Crippen LogP) is 1.16. The molecule has 1 aromatic rings. The van der Waals surface area contributed by atoms with E-state index in [9.17, 15) is 9.59 Å². The normalized spacial score (nSPS) is 28.2. The first-order valence-corrected chi connectivity index (χ1v) is 7.14. The fourth-order valence-electron chi connectivity index (χ4n) is 2.77. The second kappa shape index (κ2) is 5.73. The van der Waals surface area contributed by atoms with Gasteiger partial charge in [0, 0.05) is 13.0 Å². The maximum atomic E-state index is 11.8. The number of ether oxygens (including phenoxy) is 2. The summed E-state index contributed by atoms with van der Waals surface area (Å²) < 4.78 is 11.6. The Labute approximate surface area is 123 Å². The molecule has 112 valence electrons. The van der Waals surface area contributed by atoms with Crippen LogP contribution in [0.2, 0.25) is 0 Å². The molecule has 1 aliphatic heterocycles. The molecule has 3 unspecified atom stereocenters. The van der Waals surface area contributed by atoms with E-state index >= 15 is 0 Å². The lowest BCUT2D eigenvalue weighted by Gasteiger charge is -2.46. The highest BCUT2D eigenvalue weighted by atomic mass is 16.5. The molecule has 0 aromatic heterocycles. The fraction of sp³-hybridized carbons (Fsp3) is 0.467. The van der Waals surface area contributed by atoms with Gasteiger partial charge < -0.3 is 14.8 Å². The molecule has 6 nitrogen and oxygen atoms in total. The Morgan fingerprint density at radius 3 is 2.67 bits per heavy atom. The predicted molar refractivity (Wildman–Crippen MR) is 74.9 cm³/mol. The van der Waals surface area contributed by atoms with Crippen LogP contribution in [0.15, 0.2) is 30.3 Å². The Bertz CT molecular complexity index is 518. The number of imide groups is 1. The first-order chi connectivity index (χ1) is 10.2. The summed E-state index contributed by atoms with van der Waals surface area (Å²) in [5.41, 5.74) is 0. The Morgan fingerprint density at radius 2 is 2.05 bits per heavy atom. The zero-order valence-corrected chi connectivity index (χ0v) is 11.8. The highest BCUT2D eigenvalue weighted by Gasteiger charge is 2.52. The van der Waals surface area contributed by atoms with Crippen molar-refractivity contribution in [2.75, 3.05) is 13.2 Å². The number of amides is 3. The number of benzene rings is 1. The molecule has 21 heavy (non-hydrogen) atoms. The number of nitrogens with zero attached hydrogens (tertiary/aromatic N) is 1. The van der Waals surface area contributed by atoms with Gasteiger partial charge in [0.05, 0.1) is 18.7 Å². The van der Waals surface area contributed by atoms with Gasteiger partial charge in [0.1, 0.15) is 11.9 Å². The molecular formula is C15H18N2O4. The van der Waals surface area contributed by atoms with Gasteiger partial charge in [-0.2, -0.15) is 0 Å². The quantitative estimate of drug-likeness (QED) is 0.826. The Morgan fingerprint density at radius 1 is 1.29 bits per heavy atom. The Balaban J connectivity index is 1.75. The molecule has 3 amide bonds. The van der Waals surface area contributed by atoms with Crippen LogP contribution in [0.25, 0.3) is 0 Å². The van der Waals surface area contributed by atoms with Crippen molar-refractivity contribution in [1.29, 1.82) is 0 Å². The molecule has 3 atom stereocenters. The van der Waals surface area contributed by atoms with Crippen LogP contribution in [-0.2, 0) is 9.53 Å². The lowest BCUT2D eigenvalue weighted by molar-refractivity contribution is -0.146. The molecule has 2 aliphatic rings. The zero-order valence-electron chi connectivity index (χ0n) is 11.8. The standard InChI is InChI=1S/C15H18N2O4/c1-2-20-12-8-11(17-13(18)9-16-15(17)19)14(12)21-10-6-4-3-5-7-10/h3-7,11-12,14H,2,8-9H2,1H3,(H,16,19). The van der Waals surface area contributed by atoms with Gasteiger partial charge >= 0.3 is 6.03 Å². The van der Waals surface area contributed by atoms with Crippen LogP contribution in [0.4, 0.5) is 4.79 Å². The van der Waals surface area contributed by atoms with Gasteiger partial charge in [-0.05, 0) is 19.1 Å². The zero-order chi connectivity index (χ0) is 14.8. The molecule has 1 aromatic carbocycles. The summed E-state index contributed by atoms with van der Waals surface area (Å²) in [5.74, 6) is 0.505. The largest absolute Gasteiger partial charge is 0.486 e. The van der Waals surface area contributed by atoms with Crippen LogP contribution < -0.4 is 10.1 Å². The lowest BCUT2D eigenvalue weighted by Crippen LogP contribution is -2.64. The maximum absolute atomic E-state index is 11.8. The molecule has 1 saturated heterocycles. The van der Waals surface area contributed by atoms with Crippen LogP contribution >= 0.6 is 0 Å². The topological polar surface area (TPSA) is 67.9 Å². The van der Waals surface area contributed by atoms with Gasteiger partial charge in [0.25, 0.3) is 0 Å². The molecule has 1 aliphatic carbocycles. The number of carbonyl (C=O) groups excluding carboxylic acids is 2. The van der Waals surface area contributed by atoms with E-state index in [0.29, 0.717) is 18.8 Å². The molecule has 3 rings (SSSR count). The van der Waals surface area contributed by atoms with Gasteiger partial charge in [-0.15, -0.1) is 0 Å². The average molecular weight is 290 g/mol. The highest BCUT2D eigenvalue weighted by molar-refractivity contribution is 6.02. The van der Waals surface area contributed by atoms with Crippen molar-refractivity contribution in [2.24, 2.45) is 0 Å². The molecule has 0 bridgehead atoms. The first kappa shape index (κ1) is 13.9. The van der Waals surface area contributed by atoms with E-state index < -0.39 is 0 Å². The number of rotatable bonds is 5. The van der Waals surface area contributed by atoms with Crippen molar-refractivity contribution in [3.05, 3.63) is 30.3 Å². The Kier molecular flexibility index (Phi) is 3.79. The second-order valence-electron chi connectivity index (χ2n) is 5.11. The molecule has 1 N–H and O–H groups in total. The van der Waals surface area contributed by atoms with E-state index in [4.69, 9.17) is 9.47 Å². The number of hydrogen-bond acceptors (Lipinski definition) is 4. The van der Waals surface area contributed by atoms with E-state index in [1.165, 1.54) is 4.90 Å². The number of urea groups is 1. The molecule has 2 fully saturated rings.